The van der Waals surface area contributed by atoms with Gasteiger partial charge in [-0.1, -0.05) is 17.7 Å². The fraction of sp³-hybridized carbons (Fsp3) is 0.294. The van der Waals surface area contributed by atoms with E-state index in [9.17, 15) is 0 Å². The molecule has 0 aliphatic rings. The Hall–Kier alpha value is -2.36. The van der Waals surface area contributed by atoms with Crippen molar-refractivity contribution >= 4 is 11.5 Å². The molecule has 0 saturated heterocycles. The van der Waals surface area contributed by atoms with Crippen molar-refractivity contribution in [2.24, 2.45) is 0 Å². The summed E-state index contributed by atoms with van der Waals surface area (Å²) < 4.78 is 2.03. The van der Waals surface area contributed by atoms with E-state index >= 15 is 0 Å². The Morgan fingerprint density at radius 3 is 2.62 bits per heavy atom. The van der Waals surface area contributed by atoms with Gasteiger partial charge in [-0.15, -0.1) is 0 Å². The lowest BCUT2D eigenvalue weighted by Gasteiger charge is -2.08. The molecule has 2 heterocycles. The second-order valence-electron chi connectivity index (χ2n) is 5.61. The number of anilines is 1. The lowest BCUT2D eigenvalue weighted by atomic mass is 10.1. The molecule has 1 N–H and O–H groups in total. The maximum absolute atomic E-state index is 4.59. The van der Waals surface area contributed by atoms with Crippen LogP contribution in [0.1, 0.15) is 28.2 Å². The number of nitrogens with one attached hydrogen (secondary N) is 1. The van der Waals surface area contributed by atoms with E-state index in [2.05, 4.69) is 60.3 Å². The number of aryl methyl sites for hydroxylation is 4. The van der Waals surface area contributed by atoms with Crippen LogP contribution in [0, 0.1) is 27.7 Å². The Balaban J connectivity index is 1.83. The van der Waals surface area contributed by atoms with E-state index in [1.54, 1.807) is 0 Å². The van der Waals surface area contributed by atoms with Crippen LogP contribution < -0.4 is 5.32 Å². The highest BCUT2D eigenvalue weighted by molar-refractivity contribution is 5.52. The maximum atomic E-state index is 4.59. The van der Waals surface area contributed by atoms with Crippen LogP contribution in [0.3, 0.4) is 0 Å². The van der Waals surface area contributed by atoms with Crippen LogP contribution in [0.2, 0.25) is 0 Å². The van der Waals surface area contributed by atoms with Crippen LogP contribution in [-0.4, -0.2) is 14.4 Å². The van der Waals surface area contributed by atoms with Gasteiger partial charge in [-0.3, -0.25) is 4.40 Å². The van der Waals surface area contributed by atoms with Crippen LogP contribution in [0.5, 0.6) is 0 Å². The SMILES string of the molecule is Cc1ccc(NCc2cn3c(C)cc(C)nc3n2)c(C)c1. The zero-order valence-corrected chi connectivity index (χ0v) is 12.9. The molecule has 1 aromatic carbocycles. The molecule has 0 aliphatic carbocycles. The quantitative estimate of drug-likeness (QED) is 0.797. The summed E-state index contributed by atoms with van der Waals surface area (Å²) in [5.74, 6) is 0.768. The maximum Gasteiger partial charge on any atom is 0.234 e. The molecule has 108 valence electrons. The van der Waals surface area contributed by atoms with E-state index in [-0.39, 0.29) is 0 Å². The summed E-state index contributed by atoms with van der Waals surface area (Å²) in [6.45, 7) is 9.00. The third kappa shape index (κ3) is 2.75. The molecule has 3 rings (SSSR count). The number of fused-ring (bicyclic) bond motifs is 1. The number of nitrogens with zero attached hydrogens (tertiary/aromatic N) is 3. The number of benzene rings is 1. The van der Waals surface area contributed by atoms with E-state index < -0.39 is 0 Å². The van der Waals surface area contributed by atoms with Gasteiger partial charge in [0.2, 0.25) is 5.78 Å². The van der Waals surface area contributed by atoms with Crippen LogP contribution in [-0.2, 0) is 6.54 Å². The van der Waals surface area contributed by atoms with Crippen molar-refractivity contribution in [3.05, 3.63) is 58.7 Å². The first kappa shape index (κ1) is 13.6. The molecule has 0 spiro atoms. The molecule has 4 nitrogen and oxygen atoms in total. The average molecular weight is 280 g/mol. The highest BCUT2D eigenvalue weighted by atomic mass is 15.1. The largest absolute Gasteiger partial charge is 0.379 e. The number of imidazole rings is 1. The Bertz CT molecular complexity index is 802. The van der Waals surface area contributed by atoms with Crippen molar-refractivity contribution < 1.29 is 0 Å². The Labute approximate surface area is 124 Å². The minimum Gasteiger partial charge on any atom is -0.379 e. The number of aromatic nitrogens is 3. The third-order valence-electron chi connectivity index (χ3n) is 3.65. The van der Waals surface area contributed by atoms with Crippen LogP contribution >= 0.6 is 0 Å². The number of hydrogen-bond donors (Lipinski definition) is 1. The predicted molar refractivity (Wildman–Crippen MR) is 85.7 cm³/mol. The van der Waals surface area contributed by atoms with E-state index in [1.165, 1.54) is 11.1 Å². The highest BCUT2D eigenvalue weighted by Gasteiger charge is 2.06. The molecule has 2 aromatic heterocycles. The van der Waals surface area contributed by atoms with Crippen molar-refractivity contribution in [3.63, 3.8) is 0 Å². The smallest absolute Gasteiger partial charge is 0.234 e. The van der Waals surface area contributed by atoms with E-state index in [0.29, 0.717) is 6.54 Å². The van der Waals surface area contributed by atoms with Gasteiger partial charge in [0.15, 0.2) is 0 Å². The zero-order valence-electron chi connectivity index (χ0n) is 12.9. The van der Waals surface area contributed by atoms with Crippen molar-refractivity contribution in [1.82, 2.24) is 14.4 Å². The summed E-state index contributed by atoms with van der Waals surface area (Å²) in [4.78, 5) is 9.05. The molecule has 0 unspecified atom stereocenters. The van der Waals surface area contributed by atoms with Gasteiger partial charge >= 0.3 is 0 Å². The molecule has 0 amide bonds. The summed E-state index contributed by atoms with van der Waals surface area (Å²) in [5, 5.41) is 3.45. The molecule has 0 radical (unpaired) electrons. The number of rotatable bonds is 3. The van der Waals surface area contributed by atoms with Crippen LogP contribution in [0.4, 0.5) is 5.69 Å². The molecule has 4 heteroatoms. The second-order valence-corrected chi connectivity index (χ2v) is 5.61. The summed E-state index contributed by atoms with van der Waals surface area (Å²) in [7, 11) is 0. The second kappa shape index (κ2) is 5.20. The third-order valence-corrected chi connectivity index (χ3v) is 3.65. The van der Waals surface area contributed by atoms with Gasteiger partial charge in [-0.25, -0.2) is 9.97 Å². The first-order valence-corrected chi connectivity index (χ1v) is 7.16. The Kier molecular flexibility index (Phi) is 3.37. The minimum absolute atomic E-state index is 0.700. The van der Waals surface area contributed by atoms with Crippen LogP contribution in [0.25, 0.3) is 5.78 Å². The van der Waals surface area contributed by atoms with Crippen molar-refractivity contribution in [2.75, 3.05) is 5.32 Å². The summed E-state index contributed by atoms with van der Waals surface area (Å²) in [6, 6.07) is 8.49. The first-order valence-electron chi connectivity index (χ1n) is 7.16. The predicted octanol–water partition coefficient (Wildman–Crippen LogP) is 3.58. The molecular formula is C17H20N4. The zero-order chi connectivity index (χ0) is 15.0. The van der Waals surface area contributed by atoms with Crippen molar-refractivity contribution in [2.45, 2.75) is 34.2 Å². The van der Waals surface area contributed by atoms with E-state index in [1.807, 2.05) is 17.5 Å². The highest BCUT2D eigenvalue weighted by Crippen LogP contribution is 2.17. The number of hydrogen-bond acceptors (Lipinski definition) is 3. The van der Waals surface area contributed by atoms with Gasteiger partial charge < -0.3 is 5.32 Å². The molecule has 0 bridgehead atoms. The fourth-order valence-electron chi connectivity index (χ4n) is 2.60. The minimum atomic E-state index is 0.700. The molecule has 0 saturated carbocycles. The topological polar surface area (TPSA) is 42.2 Å². The lowest BCUT2D eigenvalue weighted by Crippen LogP contribution is -2.01. The van der Waals surface area contributed by atoms with Gasteiger partial charge in [-0.2, -0.15) is 0 Å². The molecular weight excluding hydrogens is 260 g/mol. The summed E-state index contributed by atoms with van der Waals surface area (Å²) >= 11 is 0. The summed E-state index contributed by atoms with van der Waals surface area (Å²) in [6.07, 6.45) is 2.05. The lowest BCUT2D eigenvalue weighted by molar-refractivity contribution is 1.01. The van der Waals surface area contributed by atoms with Crippen LogP contribution in [0.15, 0.2) is 30.5 Å². The first-order chi connectivity index (χ1) is 10.0. The molecule has 21 heavy (non-hydrogen) atoms. The van der Waals surface area contributed by atoms with Gasteiger partial charge in [-0.05, 0) is 45.4 Å². The van der Waals surface area contributed by atoms with Gasteiger partial charge in [0.05, 0.1) is 12.2 Å². The van der Waals surface area contributed by atoms with E-state index in [0.717, 1.165) is 28.5 Å². The average Bonchev–Trinajstić information content (AvgIpc) is 2.81. The normalized spacial score (nSPS) is 11.0. The Morgan fingerprint density at radius 1 is 1.05 bits per heavy atom. The van der Waals surface area contributed by atoms with Gasteiger partial charge in [0.25, 0.3) is 0 Å². The van der Waals surface area contributed by atoms with Gasteiger partial charge in [0, 0.05) is 23.3 Å². The molecule has 3 aromatic rings. The monoisotopic (exact) mass is 280 g/mol. The van der Waals surface area contributed by atoms with E-state index in [4.69, 9.17) is 0 Å². The van der Waals surface area contributed by atoms with Crippen molar-refractivity contribution in [3.8, 4) is 0 Å². The Morgan fingerprint density at radius 2 is 1.86 bits per heavy atom. The summed E-state index contributed by atoms with van der Waals surface area (Å²) in [5.41, 5.74) is 6.84. The molecule has 0 atom stereocenters. The van der Waals surface area contributed by atoms with Gasteiger partial charge in [0.1, 0.15) is 0 Å². The standard InChI is InChI=1S/C17H20N4/c1-11-5-6-16(12(2)7-11)18-9-15-10-21-14(4)8-13(3)19-17(21)20-15/h5-8,10,18H,9H2,1-4H3. The molecule has 0 aliphatic heterocycles. The molecule has 0 fully saturated rings. The van der Waals surface area contributed by atoms with Crippen molar-refractivity contribution in [1.29, 1.82) is 0 Å². The fourth-order valence-corrected chi connectivity index (χ4v) is 2.60.